The Hall–Kier alpha value is -4.46. The number of nitrogens with one attached hydrogen (secondary N) is 1. The first-order valence-corrected chi connectivity index (χ1v) is 15.0. The van der Waals surface area contributed by atoms with E-state index >= 15 is 4.39 Å². The third-order valence-corrected chi connectivity index (χ3v) is 7.93. The molecule has 8 nitrogen and oxygen atoms in total. The molecule has 0 spiro atoms. The monoisotopic (exact) mass is 644 g/mol. The van der Waals surface area contributed by atoms with Gasteiger partial charge in [-0.1, -0.05) is 68.1 Å². The predicted molar refractivity (Wildman–Crippen MR) is 163 cm³/mol. The van der Waals surface area contributed by atoms with Crippen molar-refractivity contribution in [2.45, 2.75) is 45.0 Å². The number of rotatable bonds is 8. The first-order valence-electron chi connectivity index (χ1n) is 14.0. The molecule has 14 heteroatoms. The molecule has 2 unspecified atom stereocenters. The van der Waals surface area contributed by atoms with Gasteiger partial charge in [-0.15, -0.1) is 18.3 Å². The third kappa shape index (κ3) is 7.98. The predicted octanol–water partition coefficient (Wildman–Crippen LogP) is 7.97. The van der Waals surface area contributed by atoms with Crippen molar-refractivity contribution in [3.63, 3.8) is 0 Å². The van der Waals surface area contributed by atoms with E-state index in [4.69, 9.17) is 0 Å². The van der Waals surface area contributed by atoms with E-state index < -0.39 is 24.9 Å². The van der Waals surface area contributed by atoms with Crippen molar-refractivity contribution in [1.82, 2.24) is 20.1 Å². The number of anilines is 1. The second kappa shape index (κ2) is 13.7. The summed E-state index contributed by atoms with van der Waals surface area (Å²) >= 11 is 1.39. The highest BCUT2D eigenvalue weighted by atomic mass is 32.2. The Morgan fingerprint density at radius 1 is 1.02 bits per heavy atom. The van der Waals surface area contributed by atoms with Gasteiger partial charge in [0.2, 0.25) is 6.30 Å². The molecule has 1 aromatic heterocycles. The Morgan fingerprint density at radius 2 is 1.73 bits per heavy atom. The number of benzene rings is 3. The van der Waals surface area contributed by atoms with Gasteiger partial charge in [-0.3, -0.25) is 0 Å². The third-order valence-electron chi connectivity index (χ3n) is 6.87. The average Bonchev–Trinajstić information content (AvgIpc) is 3.51. The zero-order valence-corrected chi connectivity index (χ0v) is 25.0. The number of carbonyl (C=O) groups is 1. The summed E-state index contributed by atoms with van der Waals surface area (Å²) in [7, 11) is 0. The topological polar surface area (TPSA) is 84.6 Å². The molecule has 1 aliphatic heterocycles. The number of carbonyl (C=O) groups excluding carboxylic acids is 1. The number of alkyl halides is 5. The number of thioether (sulfide) groups is 1. The number of halogens is 5. The number of hydrogen-bond donors (Lipinski definition) is 1. The van der Waals surface area contributed by atoms with Gasteiger partial charge in [0, 0.05) is 23.5 Å². The van der Waals surface area contributed by atoms with E-state index in [0.717, 1.165) is 35.6 Å². The van der Waals surface area contributed by atoms with Gasteiger partial charge in [-0.25, -0.2) is 23.2 Å². The van der Waals surface area contributed by atoms with E-state index in [9.17, 15) is 22.4 Å². The highest BCUT2D eigenvalue weighted by molar-refractivity contribution is 8.14. The van der Waals surface area contributed by atoms with Gasteiger partial charge < -0.3 is 15.0 Å². The zero-order chi connectivity index (χ0) is 32.1. The molecular formula is C31H29F5N6O2S. The summed E-state index contributed by atoms with van der Waals surface area (Å²) < 4.78 is 72.4. The molecule has 236 valence electrons. The molecule has 0 saturated carbocycles. The Bertz CT molecular complexity index is 1640. The van der Waals surface area contributed by atoms with Gasteiger partial charge >= 0.3 is 12.4 Å². The molecule has 2 atom stereocenters. The summed E-state index contributed by atoms with van der Waals surface area (Å²) in [6.07, 6.45) is -7.06. The lowest BCUT2D eigenvalue weighted by molar-refractivity contribution is -0.274. The van der Waals surface area contributed by atoms with Crippen LogP contribution in [-0.2, 0) is 0 Å². The molecule has 0 aliphatic carbocycles. The molecular weight excluding hydrogens is 615 g/mol. The molecule has 0 bridgehead atoms. The van der Waals surface area contributed by atoms with E-state index in [1.54, 1.807) is 0 Å². The number of aromatic nitrogens is 3. The highest BCUT2D eigenvalue weighted by Crippen LogP contribution is 2.32. The minimum absolute atomic E-state index is 0.0154. The smallest absolute Gasteiger partial charge is 0.406 e. The van der Waals surface area contributed by atoms with Gasteiger partial charge in [0.05, 0.1) is 5.69 Å². The summed E-state index contributed by atoms with van der Waals surface area (Å²) in [5, 5.41) is 6.74. The van der Waals surface area contributed by atoms with E-state index in [0.29, 0.717) is 23.0 Å². The van der Waals surface area contributed by atoms with Crippen molar-refractivity contribution in [2.75, 3.05) is 17.2 Å². The molecule has 4 aromatic rings. The summed E-state index contributed by atoms with van der Waals surface area (Å²) in [5.74, 6) is 0.869. The van der Waals surface area contributed by atoms with Crippen molar-refractivity contribution < 1.29 is 31.5 Å². The Balaban J connectivity index is 1.22. The number of aliphatic imine (C=N–C) groups is 1. The maximum Gasteiger partial charge on any atom is 0.573 e. The lowest BCUT2D eigenvalue weighted by atomic mass is 10.0. The highest BCUT2D eigenvalue weighted by Gasteiger charge is 2.31. The quantitative estimate of drug-likeness (QED) is 0.155. The minimum atomic E-state index is -4.80. The Kier molecular flexibility index (Phi) is 9.71. The van der Waals surface area contributed by atoms with Gasteiger partial charge in [0.25, 0.3) is 0 Å². The normalized spacial score (nSPS) is 16.1. The van der Waals surface area contributed by atoms with Crippen LogP contribution in [0.3, 0.4) is 0 Å². The molecule has 0 radical (unpaired) electrons. The fourth-order valence-electron chi connectivity index (χ4n) is 4.71. The van der Waals surface area contributed by atoms with E-state index in [1.165, 1.54) is 59.2 Å². The molecule has 5 rings (SSSR count). The van der Waals surface area contributed by atoms with Crippen LogP contribution in [0.1, 0.15) is 43.5 Å². The number of nitrogens with zero attached hydrogens (tertiary/aromatic N) is 5. The summed E-state index contributed by atoms with van der Waals surface area (Å²) in [6.45, 7) is 4.80. The van der Waals surface area contributed by atoms with E-state index in [-0.39, 0.29) is 23.1 Å². The fraction of sp³-hybridized carbons (Fsp3) is 0.290. The first-order chi connectivity index (χ1) is 21.5. The van der Waals surface area contributed by atoms with Gasteiger partial charge in [0.15, 0.2) is 17.2 Å². The van der Waals surface area contributed by atoms with Crippen molar-refractivity contribution in [2.24, 2.45) is 4.99 Å². The number of para-hydroxylation sites is 1. The number of amides is 2. The molecule has 1 saturated heterocycles. The standard InChI is InChI=1S/C31H29F5N6O2S/c1-19(2)24-6-3-4-7-25(24)41-16-5-17-45-30(41)39-29(43)38-27(33)26(32)20-8-10-21(11-9-20)28-37-18-42(40-28)22-12-14-23(15-13-22)44-31(34,35)36/h3-4,6-15,18-19,26-27H,5,16-17H2,1-2H3,(H,38,43). The number of amidine groups is 1. The largest absolute Gasteiger partial charge is 0.573 e. The van der Waals surface area contributed by atoms with Crippen LogP contribution >= 0.6 is 11.8 Å². The maximum absolute atomic E-state index is 15.1. The van der Waals surface area contributed by atoms with Crippen molar-refractivity contribution >= 4 is 28.6 Å². The lowest BCUT2D eigenvalue weighted by Crippen LogP contribution is -2.38. The molecule has 1 N–H and O–H groups in total. The van der Waals surface area contributed by atoms with Gasteiger partial charge in [-0.05, 0) is 53.8 Å². The van der Waals surface area contributed by atoms with Crippen molar-refractivity contribution in [3.8, 4) is 22.8 Å². The molecule has 2 amide bonds. The lowest BCUT2D eigenvalue weighted by Gasteiger charge is -2.32. The SMILES string of the molecule is CC(C)c1ccccc1N1CCCSC1=NC(=O)NC(F)C(F)c1ccc(-c2ncn(-c3ccc(OC(F)(F)F)cc3)n2)cc1. The van der Waals surface area contributed by atoms with Crippen molar-refractivity contribution in [1.29, 1.82) is 0 Å². The van der Waals surface area contributed by atoms with Crippen LogP contribution in [0.5, 0.6) is 5.75 Å². The number of urea groups is 1. The van der Waals surface area contributed by atoms with Crippen LogP contribution in [-0.4, -0.2) is 50.9 Å². The first kappa shape index (κ1) is 31.9. The number of hydrogen-bond acceptors (Lipinski definition) is 5. The van der Waals surface area contributed by atoms with Crippen molar-refractivity contribution in [3.05, 3.63) is 90.3 Å². The van der Waals surface area contributed by atoms with Gasteiger partial charge in [-0.2, -0.15) is 4.99 Å². The van der Waals surface area contributed by atoms with E-state index in [1.807, 2.05) is 34.5 Å². The summed E-state index contributed by atoms with van der Waals surface area (Å²) in [6, 6.07) is 17.6. The van der Waals surface area contributed by atoms with Gasteiger partial charge in [0.1, 0.15) is 12.1 Å². The number of ether oxygens (including phenoxy) is 1. The molecule has 2 heterocycles. The Labute approximate surface area is 260 Å². The second-order valence-electron chi connectivity index (χ2n) is 10.4. The molecule has 1 fully saturated rings. The minimum Gasteiger partial charge on any atom is -0.406 e. The molecule has 3 aromatic carbocycles. The van der Waals surface area contributed by atoms with Crippen LogP contribution in [0.15, 0.2) is 84.1 Å². The second-order valence-corrected chi connectivity index (χ2v) is 11.5. The summed E-state index contributed by atoms with van der Waals surface area (Å²) in [5.41, 5.74) is 2.93. The maximum atomic E-state index is 15.1. The van der Waals surface area contributed by atoms with Crippen LogP contribution in [0.25, 0.3) is 17.1 Å². The summed E-state index contributed by atoms with van der Waals surface area (Å²) in [4.78, 5) is 22.9. The molecule has 45 heavy (non-hydrogen) atoms. The van der Waals surface area contributed by atoms with Crippen LogP contribution < -0.4 is 15.0 Å². The van der Waals surface area contributed by atoms with Crippen LogP contribution in [0, 0.1) is 0 Å². The zero-order valence-electron chi connectivity index (χ0n) is 24.2. The van der Waals surface area contributed by atoms with E-state index in [2.05, 4.69) is 33.7 Å². The average molecular weight is 645 g/mol. The van der Waals surface area contributed by atoms with Crippen LogP contribution in [0.4, 0.5) is 32.4 Å². The van der Waals surface area contributed by atoms with Crippen LogP contribution in [0.2, 0.25) is 0 Å². The molecule has 1 aliphatic rings. The fourth-order valence-corrected chi connectivity index (χ4v) is 5.66. The Morgan fingerprint density at radius 3 is 2.42 bits per heavy atom.